The van der Waals surface area contributed by atoms with E-state index < -0.39 is 4.92 Å². The first-order valence-electron chi connectivity index (χ1n) is 10.6. The van der Waals surface area contributed by atoms with E-state index in [0.717, 1.165) is 43.7 Å². The van der Waals surface area contributed by atoms with E-state index in [9.17, 15) is 15.4 Å². The Bertz CT molecular complexity index is 1140. The third kappa shape index (κ3) is 5.98. The topological polar surface area (TPSA) is 134 Å². The molecule has 2 aromatic carbocycles. The van der Waals surface area contributed by atoms with Gasteiger partial charge in [0, 0.05) is 30.8 Å². The van der Waals surface area contributed by atoms with E-state index in [4.69, 9.17) is 4.74 Å². The summed E-state index contributed by atoms with van der Waals surface area (Å²) in [6.07, 6.45) is 1.92. The quantitative estimate of drug-likeness (QED) is 0.142. The maximum absolute atomic E-state index is 11.2. The van der Waals surface area contributed by atoms with Crippen LogP contribution in [0.5, 0.6) is 5.75 Å². The van der Waals surface area contributed by atoms with Crippen LogP contribution < -0.4 is 25.7 Å². The zero-order chi connectivity index (χ0) is 24.7. The number of nitrogens with one attached hydrogen (secondary N) is 2. The SMILES string of the molecule is CCCN(CCC)c1cc(SOO[O-])c(NNc2nc3cc(C)c([N+](=O)[O-])cc3s2)cc1OC. The molecular weight excluding hydrogens is 482 g/mol. The van der Waals surface area contributed by atoms with Crippen LogP contribution in [0.15, 0.2) is 29.2 Å². The van der Waals surface area contributed by atoms with Gasteiger partial charge in [-0.1, -0.05) is 25.2 Å². The first kappa shape index (κ1) is 25.8. The van der Waals surface area contributed by atoms with E-state index in [2.05, 4.69) is 44.0 Å². The Labute approximate surface area is 205 Å². The molecule has 0 saturated carbocycles. The maximum Gasteiger partial charge on any atom is 0.273 e. The molecule has 0 atom stereocenters. The number of nitrogens with zero attached hydrogens (tertiary/aromatic N) is 3. The number of hydrazine groups is 1. The second-order valence-electron chi connectivity index (χ2n) is 7.36. The van der Waals surface area contributed by atoms with Crippen molar-refractivity contribution in [3.63, 3.8) is 0 Å². The van der Waals surface area contributed by atoms with Gasteiger partial charge in [0.25, 0.3) is 5.69 Å². The third-order valence-corrected chi connectivity index (χ3v) is 6.54. The van der Waals surface area contributed by atoms with Crippen LogP contribution >= 0.6 is 23.4 Å². The highest BCUT2D eigenvalue weighted by Crippen LogP contribution is 2.40. The van der Waals surface area contributed by atoms with Gasteiger partial charge in [-0.25, -0.2) is 4.98 Å². The van der Waals surface area contributed by atoms with Crippen molar-refractivity contribution < 1.29 is 24.3 Å². The number of nitro benzene ring substituents is 1. The molecule has 3 aromatic rings. The molecule has 34 heavy (non-hydrogen) atoms. The van der Waals surface area contributed by atoms with E-state index in [1.54, 1.807) is 26.2 Å². The molecule has 3 rings (SSSR count). The lowest BCUT2D eigenvalue weighted by Gasteiger charge is -2.27. The Hall–Kier alpha value is -2.84. The van der Waals surface area contributed by atoms with Crippen LogP contribution in [0.2, 0.25) is 0 Å². The van der Waals surface area contributed by atoms with E-state index in [1.807, 2.05) is 6.07 Å². The molecule has 1 heterocycles. The summed E-state index contributed by atoms with van der Waals surface area (Å²) in [5, 5.41) is 25.8. The molecule has 0 saturated heterocycles. The second-order valence-corrected chi connectivity index (χ2v) is 9.13. The molecule has 0 radical (unpaired) electrons. The number of thiazole rings is 1. The Morgan fingerprint density at radius 1 is 1.18 bits per heavy atom. The molecule has 13 heteroatoms. The maximum atomic E-state index is 11.2. The van der Waals surface area contributed by atoms with Crippen molar-refractivity contribution in [2.45, 2.75) is 38.5 Å². The minimum Gasteiger partial charge on any atom is -0.691 e. The Morgan fingerprint density at radius 2 is 1.91 bits per heavy atom. The fraction of sp³-hybridized carbons (Fsp3) is 0.381. The van der Waals surface area contributed by atoms with Crippen LogP contribution in [0.3, 0.4) is 0 Å². The Kier molecular flexibility index (Phi) is 9.12. The molecule has 11 nitrogen and oxygen atoms in total. The largest absolute Gasteiger partial charge is 0.691 e. The molecule has 0 bridgehead atoms. The van der Waals surface area contributed by atoms with Gasteiger partial charge in [-0.3, -0.25) is 26.0 Å². The number of ether oxygens (including phenoxy) is 1. The van der Waals surface area contributed by atoms with Crippen molar-refractivity contribution in [1.82, 2.24) is 4.98 Å². The van der Waals surface area contributed by atoms with E-state index >= 15 is 0 Å². The van der Waals surface area contributed by atoms with Crippen LogP contribution in [0.4, 0.5) is 22.2 Å². The Balaban J connectivity index is 1.91. The van der Waals surface area contributed by atoms with Gasteiger partial charge in [-0.2, -0.15) is 4.33 Å². The second kappa shape index (κ2) is 12.0. The van der Waals surface area contributed by atoms with Crippen molar-refractivity contribution in [3.05, 3.63) is 39.9 Å². The first-order chi connectivity index (χ1) is 16.4. The summed E-state index contributed by atoms with van der Waals surface area (Å²) < 4.78 is 10.9. The minimum atomic E-state index is -0.407. The summed E-state index contributed by atoms with van der Waals surface area (Å²) in [6, 6.07) is 6.86. The fourth-order valence-corrected chi connectivity index (χ4v) is 4.80. The highest BCUT2D eigenvalue weighted by molar-refractivity contribution is 7.94. The number of fused-ring (bicyclic) bond motifs is 1. The zero-order valence-electron chi connectivity index (χ0n) is 19.2. The van der Waals surface area contributed by atoms with Gasteiger partial charge in [0.05, 0.1) is 50.6 Å². The number of rotatable bonds is 13. The lowest BCUT2D eigenvalue weighted by Crippen LogP contribution is -2.25. The van der Waals surface area contributed by atoms with Crippen LogP contribution in [0.1, 0.15) is 32.3 Å². The van der Waals surface area contributed by atoms with E-state index in [-0.39, 0.29) is 5.69 Å². The van der Waals surface area contributed by atoms with E-state index in [1.165, 1.54) is 17.4 Å². The molecule has 184 valence electrons. The predicted molar refractivity (Wildman–Crippen MR) is 132 cm³/mol. The van der Waals surface area contributed by atoms with Gasteiger partial charge in [0.1, 0.15) is 5.75 Å². The Morgan fingerprint density at radius 3 is 2.53 bits per heavy atom. The number of benzene rings is 2. The predicted octanol–water partition coefficient (Wildman–Crippen LogP) is 4.82. The average molecular weight is 509 g/mol. The highest BCUT2D eigenvalue weighted by atomic mass is 32.2. The number of methoxy groups -OCH3 is 1. The van der Waals surface area contributed by atoms with E-state index in [0.29, 0.717) is 37.2 Å². The molecular formula is C21H26N5O6S2-. The lowest BCUT2D eigenvalue weighted by molar-refractivity contribution is -0.777. The normalized spacial score (nSPS) is 11.0. The molecule has 1 aromatic heterocycles. The molecule has 0 amide bonds. The van der Waals surface area contributed by atoms with Gasteiger partial charge in [-0.15, -0.1) is 0 Å². The summed E-state index contributed by atoms with van der Waals surface area (Å²) >= 11 is 2.04. The first-order valence-corrected chi connectivity index (χ1v) is 12.1. The summed E-state index contributed by atoms with van der Waals surface area (Å²) in [6.45, 7) is 7.57. The fourth-order valence-electron chi connectivity index (χ4n) is 3.51. The molecule has 0 spiro atoms. The molecule has 2 N–H and O–H groups in total. The monoisotopic (exact) mass is 508 g/mol. The average Bonchev–Trinajstić information content (AvgIpc) is 3.22. The van der Waals surface area contributed by atoms with Crippen molar-refractivity contribution in [2.75, 3.05) is 36.0 Å². The minimum absolute atomic E-state index is 0.0492. The standard InChI is InChI=1S/C21H27N5O6S2/c1-5-7-25(8-6-2)17-12-20(34-32-31-29)15(10-18(17)30-4)23-24-21-22-14-9-13(3)16(26(27)28)11-19(14)33-21/h9-12,23,29H,5-8H2,1-4H3,(H,22,24)/p-1. The number of aromatic nitrogens is 1. The molecule has 0 aliphatic heterocycles. The van der Waals surface area contributed by atoms with Crippen molar-refractivity contribution in [2.24, 2.45) is 0 Å². The summed E-state index contributed by atoms with van der Waals surface area (Å²) in [5.74, 6) is 0.647. The summed E-state index contributed by atoms with van der Waals surface area (Å²) in [4.78, 5) is 18.1. The van der Waals surface area contributed by atoms with Gasteiger partial charge in [0.15, 0.2) is 0 Å². The van der Waals surface area contributed by atoms with Crippen molar-refractivity contribution in [1.29, 1.82) is 0 Å². The van der Waals surface area contributed by atoms with Gasteiger partial charge in [0.2, 0.25) is 5.13 Å². The number of aryl methyl sites for hydroxylation is 1. The molecule has 0 aliphatic carbocycles. The third-order valence-electron chi connectivity index (χ3n) is 4.97. The summed E-state index contributed by atoms with van der Waals surface area (Å²) in [7, 11) is 1.60. The van der Waals surface area contributed by atoms with Crippen LogP contribution in [-0.2, 0) is 9.37 Å². The van der Waals surface area contributed by atoms with Gasteiger partial charge < -0.3 is 14.9 Å². The highest BCUT2D eigenvalue weighted by Gasteiger charge is 2.18. The van der Waals surface area contributed by atoms with Crippen molar-refractivity contribution in [3.8, 4) is 5.75 Å². The smallest absolute Gasteiger partial charge is 0.273 e. The van der Waals surface area contributed by atoms with Gasteiger partial charge >= 0.3 is 0 Å². The molecule has 0 fully saturated rings. The van der Waals surface area contributed by atoms with Gasteiger partial charge in [-0.05, 0) is 31.9 Å². The van der Waals surface area contributed by atoms with Crippen LogP contribution in [-0.4, -0.2) is 30.1 Å². The number of nitro groups is 1. The number of anilines is 3. The molecule has 0 unspecified atom stereocenters. The lowest BCUT2D eigenvalue weighted by atomic mass is 10.2. The van der Waals surface area contributed by atoms with Crippen LogP contribution in [0.25, 0.3) is 10.2 Å². The molecule has 0 aliphatic rings. The summed E-state index contributed by atoms with van der Waals surface area (Å²) in [5.41, 5.74) is 8.76. The number of hydrogen-bond acceptors (Lipinski definition) is 12. The van der Waals surface area contributed by atoms with Crippen LogP contribution in [0, 0.1) is 17.0 Å². The zero-order valence-corrected chi connectivity index (χ0v) is 20.9. The van der Waals surface area contributed by atoms with Crippen molar-refractivity contribution >= 4 is 55.8 Å². The number of hydrogen-bond donors (Lipinski definition) is 2.